The fraction of sp³-hybridized carbons (Fsp3) is 0.500. The van der Waals surface area contributed by atoms with E-state index < -0.39 is 25.0 Å². The third-order valence-electron chi connectivity index (χ3n) is 5.24. The van der Waals surface area contributed by atoms with E-state index >= 15 is 0 Å². The SMILES string of the molecule is Cc1ccc(NC(=O)COC(=O)CN2C(=O)[C@@H]3CCCC[C@H]3C2=O)c(C)c1. The Morgan fingerprint density at radius 3 is 2.33 bits per heavy atom. The monoisotopic (exact) mass is 372 g/mol. The number of nitrogens with one attached hydrogen (secondary N) is 1. The molecule has 7 heteroatoms. The van der Waals surface area contributed by atoms with Gasteiger partial charge in [-0.1, -0.05) is 30.5 Å². The highest BCUT2D eigenvalue weighted by atomic mass is 16.5. The Balaban J connectivity index is 1.50. The molecule has 0 aromatic heterocycles. The van der Waals surface area contributed by atoms with Crippen LogP contribution in [0, 0.1) is 25.7 Å². The molecule has 1 aliphatic carbocycles. The van der Waals surface area contributed by atoms with E-state index in [1.807, 2.05) is 26.0 Å². The maximum atomic E-state index is 12.3. The third kappa shape index (κ3) is 4.18. The fourth-order valence-electron chi connectivity index (χ4n) is 3.85. The molecule has 1 saturated heterocycles. The van der Waals surface area contributed by atoms with Gasteiger partial charge in [-0.15, -0.1) is 0 Å². The first kappa shape index (κ1) is 19.1. The Kier molecular flexibility index (Phi) is 5.58. The van der Waals surface area contributed by atoms with E-state index in [-0.39, 0.29) is 23.7 Å². The Hall–Kier alpha value is -2.70. The van der Waals surface area contributed by atoms with Crippen molar-refractivity contribution in [1.29, 1.82) is 0 Å². The molecule has 3 rings (SSSR count). The van der Waals surface area contributed by atoms with Gasteiger partial charge in [-0.3, -0.25) is 24.1 Å². The van der Waals surface area contributed by atoms with E-state index in [4.69, 9.17) is 4.74 Å². The molecule has 2 aliphatic rings. The molecular weight excluding hydrogens is 348 g/mol. The summed E-state index contributed by atoms with van der Waals surface area (Å²) in [5.41, 5.74) is 2.64. The van der Waals surface area contributed by atoms with E-state index in [9.17, 15) is 19.2 Å². The molecule has 0 bridgehead atoms. The number of likely N-dealkylation sites (tertiary alicyclic amines) is 1. The summed E-state index contributed by atoms with van der Waals surface area (Å²) in [6, 6.07) is 5.60. The van der Waals surface area contributed by atoms with E-state index in [2.05, 4.69) is 5.32 Å². The average molecular weight is 372 g/mol. The van der Waals surface area contributed by atoms with Crippen LogP contribution in [0.5, 0.6) is 0 Å². The summed E-state index contributed by atoms with van der Waals surface area (Å²) in [7, 11) is 0. The number of esters is 1. The number of benzene rings is 1. The number of hydrogen-bond acceptors (Lipinski definition) is 5. The van der Waals surface area contributed by atoms with Crippen molar-refractivity contribution in [2.45, 2.75) is 39.5 Å². The molecule has 27 heavy (non-hydrogen) atoms. The van der Waals surface area contributed by atoms with Crippen molar-refractivity contribution >= 4 is 29.4 Å². The van der Waals surface area contributed by atoms with Crippen LogP contribution in [0.25, 0.3) is 0 Å². The van der Waals surface area contributed by atoms with Gasteiger partial charge in [-0.05, 0) is 38.3 Å². The predicted octanol–water partition coefficient (Wildman–Crippen LogP) is 1.96. The maximum Gasteiger partial charge on any atom is 0.326 e. The number of hydrogen-bond donors (Lipinski definition) is 1. The summed E-state index contributed by atoms with van der Waals surface area (Å²) in [6.07, 6.45) is 3.24. The summed E-state index contributed by atoms with van der Waals surface area (Å²) >= 11 is 0. The molecule has 1 aromatic rings. The van der Waals surface area contributed by atoms with Gasteiger partial charge >= 0.3 is 5.97 Å². The zero-order valence-corrected chi connectivity index (χ0v) is 15.6. The van der Waals surface area contributed by atoms with Gasteiger partial charge in [-0.2, -0.15) is 0 Å². The van der Waals surface area contributed by atoms with Gasteiger partial charge in [0.25, 0.3) is 5.91 Å². The molecule has 1 N–H and O–H groups in total. The molecule has 0 unspecified atom stereocenters. The number of nitrogens with zero attached hydrogens (tertiary/aromatic N) is 1. The number of ether oxygens (including phenoxy) is 1. The smallest absolute Gasteiger partial charge is 0.326 e. The van der Waals surface area contributed by atoms with Gasteiger partial charge in [-0.25, -0.2) is 0 Å². The standard InChI is InChI=1S/C20H24N2O5/c1-12-7-8-16(13(2)9-12)21-17(23)11-27-18(24)10-22-19(25)14-5-3-4-6-15(14)20(22)26/h7-9,14-15H,3-6,10-11H2,1-2H3,(H,21,23)/t14-,15-/m1/s1. The highest BCUT2D eigenvalue weighted by Gasteiger charge is 2.48. The van der Waals surface area contributed by atoms with Crippen molar-refractivity contribution in [2.24, 2.45) is 11.8 Å². The topological polar surface area (TPSA) is 92.8 Å². The Morgan fingerprint density at radius 2 is 1.74 bits per heavy atom. The summed E-state index contributed by atoms with van der Waals surface area (Å²) in [4.78, 5) is 49.7. The minimum Gasteiger partial charge on any atom is -0.454 e. The summed E-state index contributed by atoms with van der Waals surface area (Å²) in [5.74, 6) is -2.41. The number of anilines is 1. The summed E-state index contributed by atoms with van der Waals surface area (Å²) in [5, 5.41) is 2.68. The lowest BCUT2D eigenvalue weighted by atomic mass is 9.81. The van der Waals surface area contributed by atoms with E-state index in [0.717, 1.165) is 28.9 Å². The van der Waals surface area contributed by atoms with Crippen molar-refractivity contribution in [2.75, 3.05) is 18.5 Å². The molecule has 1 saturated carbocycles. The maximum absolute atomic E-state index is 12.3. The van der Waals surface area contributed by atoms with Gasteiger partial charge in [0.2, 0.25) is 11.8 Å². The second kappa shape index (κ2) is 7.90. The second-order valence-corrected chi connectivity index (χ2v) is 7.29. The quantitative estimate of drug-likeness (QED) is 0.630. The van der Waals surface area contributed by atoms with E-state index in [0.29, 0.717) is 18.5 Å². The average Bonchev–Trinajstić information content (AvgIpc) is 2.88. The first-order valence-corrected chi connectivity index (χ1v) is 9.25. The predicted molar refractivity (Wildman–Crippen MR) is 97.7 cm³/mol. The lowest BCUT2D eigenvalue weighted by molar-refractivity contribution is -0.154. The van der Waals surface area contributed by atoms with Gasteiger partial charge in [0.15, 0.2) is 6.61 Å². The number of amides is 3. The van der Waals surface area contributed by atoms with Crippen molar-refractivity contribution < 1.29 is 23.9 Å². The molecule has 2 fully saturated rings. The number of rotatable bonds is 5. The summed E-state index contributed by atoms with van der Waals surface area (Å²) in [6.45, 7) is 2.94. The molecule has 144 valence electrons. The van der Waals surface area contributed by atoms with Gasteiger partial charge in [0.05, 0.1) is 11.8 Å². The molecule has 0 radical (unpaired) electrons. The number of imide groups is 1. The molecule has 7 nitrogen and oxygen atoms in total. The third-order valence-corrected chi connectivity index (χ3v) is 5.24. The van der Waals surface area contributed by atoms with Crippen LogP contribution in [0.2, 0.25) is 0 Å². The van der Waals surface area contributed by atoms with Gasteiger partial charge in [0.1, 0.15) is 6.54 Å². The highest BCUT2D eigenvalue weighted by molar-refractivity contribution is 6.07. The molecule has 1 heterocycles. The van der Waals surface area contributed by atoms with Gasteiger partial charge in [0, 0.05) is 5.69 Å². The lowest BCUT2D eigenvalue weighted by Gasteiger charge is -2.19. The fourth-order valence-corrected chi connectivity index (χ4v) is 3.85. The molecule has 0 spiro atoms. The van der Waals surface area contributed by atoms with Crippen molar-refractivity contribution in [3.8, 4) is 0 Å². The minimum atomic E-state index is -0.758. The van der Waals surface area contributed by atoms with E-state index in [1.54, 1.807) is 6.07 Å². The Morgan fingerprint density at radius 1 is 1.11 bits per heavy atom. The van der Waals surface area contributed by atoms with Crippen molar-refractivity contribution in [3.63, 3.8) is 0 Å². The van der Waals surface area contributed by atoms with E-state index in [1.165, 1.54) is 0 Å². The van der Waals surface area contributed by atoms with Crippen LogP contribution in [0.15, 0.2) is 18.2 Å². The Bertz CT molecular complexity index is 765. The second-order valence-electron chi connectivity index (χ2n) is 7.29. The number of carbonyl (C=O) groups is 4. The highest BCUT2D eigenvalue weighted by Crippen LogP contribution is 2.37. The van der Waals surface area contributed by atoms with Crippen LogP contribution in [-0.2, 0) is 23.9 Å². The van der Waals surface area contributed by atoms with Crippen LogP contribution in [-0.4, -0.2) is 41.7 Å². The van der Waals surface area contributed by atoms with Crippen LogP contribution < -0.4 is 5.32 Å². The normalized spacial score (nSPS) is 21.8. The number of carbonyl (C=O) groups excluding carboxylic acids is 4. The van der Waals surface area contributed by atoms with Crippen LogP contribution in [0.3, 0.4) is 0 Å². The minimum absolute atomic E-state index is 0.290. The van der Waals surface area contributed by atoms with Crippen molar-refractivity contribution in [3.05, 3.63) is 29.3 Å². The lowest BCUT2D eigenvalue weighted by Crippen LogP contribution is -2.37. The van der Waals surface area contributed by atoms with Crippen LogP contribution in [0.4, 0.5) is 5.69 Å². The zero-order valence-electron chi connectivity index (χ0n) is 15.6. The molecule has 1 aliphatic heterocycles. The van der Waals surface area contributed by atoms with Crippen molar-refractivity contribution in [1.82, 2.24) is 4.90 Å². The summed E-state index contributed by atoms with van der Waals surface area (Å²) < 4.78 is 4.95. The molecule has 2 atom stereocenters. The Labute approximate surface area is 158 Å². The molecular formula is C20H24N2O5. The van der Waals surface area contributed by atoms with Crippen LogP contribution in [0.1, 0.15) is 36.8 Å². The largest absolute Gasteiger partial charge is 0.454 e. The van der Waals surface area contributed by atoms with Crippen LogP contribution >= 0.6 is 0 Å². The molecule has 1 aromatic carbocycles. The van der Waals surface area contributed by atoms with Gasteiger partial charge < -0.3 is 10.1 Å². The molecule has 3 amide bonds. The first-order valence-electron chi connectivity index (χ1n) is 9.25. The first-order chi connectivity index (χ1) is 12.9. The zero-order chi connectivity index (χ0) is 19.6. The number of fused-ring (bicyclic) bond motifs is 1. The number of aryl methyl sites for hydroxylation is 2.